The van der Waals surface area contributed by atoms with Gasteiger partial charge in [-0.25, -0.2) is 4.98 Å². The number of nitrogens with one attached hydrogen (secondary N) is 1. The van der Waals surface area contributed by atoms with E-state index in [0.717, 1.165) is 36.2 Å². The fraction of sp³-hybridized carbons (Fsp3) is 0.474. The number of thiazole rings is 1. The maximum atomic E-state index is 12.7. The van der Waals surface area contributed by atoms with Crippen molar-refractivity contribution in [1.29, 1.82) is 0 Å². The fourth-order valence-electron chi connectivity index (χ4n) is 3.40. The number of rotatable bonds is 5. The molecule has 1 amide bonds. The van der Waals surface area contributed by atoms with Gasteiger partial charge in [0.25, 0.3) is 0 Å². The number of hydrogen-bond acceptors (Lipinski definition) is 4. The first-order valence-electron chi connectivity index (χ1n) is 8.60. The van der Waals surface area contributed by atoms with Gasteiger partial charge in [0.2, 0.25) is 5.91 Å². The molecule has 2 atom stereocenters. The van der Waals surface area contributed by atoms with Gasteiger partial charge in [0.15, 0.2) is 0 Å². The molecule has 4 nitrogen and oxygen atoms in total. The number of aromatic nitrogens is 1. The van der Waals surface area contributed by atoms with Crippen LogP contribution >= 0.6 is 11.3 Å². The Kier molecular flexibility index (Phi) is 4.14. The zero-order valence-electron chi connectivity index (χ0n) is 13.6. The third-order valence-electron chi connectivity index (χ3n) is 5.33. The second kappa shape index (κ2) is 6.30. The van der Waals surface area contributed by atoms with Crippen LogP contribution in [0.2, 0.25) is 0 Å². The minimum Gasteiger partial charge on any atom is -0.396 e. The van der Waals surface area contributed by atoms with Gasteiger partial charge >= 0.3 is 0 Å². The molecule has 126 valence electrons. The lowest BCUT2D eigenvalue weighted by Gasteiger charge is -2.26. The van der Waals surface area contributed by atoms with Crippen LogP contribution in [-0.4, -0.2) is 29.1 Å². The number of carbonyl (C=O) groups excluding carboxylic acids is 1. The summed E-state index contributed by atoms with van der Waals surface area (Å²) in [7, 11) is 0. The Balaban J connectivity index is 1.52. The molecule has 0 aliphatic heterocycles. The van der Waals surface area contributed by atoms with Crippen LogP contribution in [-0.2, 0) is 4.79 Å². The van der Waals surface area contributed by atoms with Crippen molar-refractivity contribution >= 4 is 27.5 Å². The van der Waals surface area contributed by atoms with Gasteiger partial charge in [-0.3, -0.25) is 4.79 Å². The third kappa shape index (κ3) is 2.98. The van der Waals surface area contributed by atoms with Crippen LogP contribution in [0.3, 0.4) is 0 Å². The molecule has 1 heterocycles. The molecule has 0 bridgehead atoms. The van der Waals surface area contributed by atoms with E-state index in [2.05, 4.69) is 23.5 Å². The zero-order chi connectivity index (χ0) is 16.6. The minimum atomic E-state index is -0.0648. The molecule has 1 aromatic heterocycles. The number of carbonyl (C=O) groups is 1. The zero-order valence-corrected chi connectivity index (χ0v) is 14.4. The van der Waals surface area contributed by atoms with Crippen molar-refractivity contribution in [1.82, 2.24) is 10.3 Å². The summed E-state index contributed by atoms with van der Waals surface area (Å²) in [5.41, 5.74) is 0.967. The van der Waals surface area contributed by atoms with E-state index in [1.165, 1.54) is 4.70 Å². The van der Waals surface area contributed by atoms with Gasteiger partial charge in [0.05, 0.1) is 27.7 Å². The smallest absolute Gasteiger partial charge is 0.224 e. The number of aliphatic hydroxyl groups is 1. The number of fused-ring (bicyclic) bond motifs is 1. The summed E-state index contributed by atoms with van der Waals surface area (Å²) in [6.45, 7) is 0.758. The Bertz CT molecular complexity index is 746. The van der Waals surface area contributed by atoms with E-state index in [9.17, 15) is 9.90 Å². The average Bonchev–Trinajstić information content (AvgIpc) is 3.29. The van der Waals surface area contributed by atoms with E-state index in [0.29, 0.717) is 6.54 Å². The molecular formula is C19H22N2O2S. The molecule has 1 saturated carbocycles. The average molecular weight is 342 g/mol. The molecule has 5 heteroatoms. The van der Waals surface area contributed by atoms with E-state index < -0.39 is 0 Å². The van der Waals surface area contributed by atoms with Gasteiger partial charge in [0.1, 0.15) is 0 Å². The molecule has 1 fully saturated rings. The SMILES string of the molecule is O=C(NCC1(CO)CC1)C1CC=CCC1c1nc2ccccc2s1. The predicted octanol–water partition coefficient (Wildman–Crippen LogP) is 3.23. The van der Waals surface area contributed by atoms with Gasteiger partial charge in [-0.15, -0.1) is 11.3 Å². The van der Waals surface area contributed by atoms with E-state index in [-0.39, 0.29) is 29.8 Å². The fourth-order valence-corrected chi connectivity index (χ4v) is 4.54. The predicted molar refractivity (Wildman–Crippen MR) is 96.0 cm³/mol. The largest absolute Gasteiger partial charge is 0.396 e. The molecule has 2 unspecified atom stereocenters. The maximum absolute atomic E-state index is 12.7. The van der Waals surface area contributed by atoms with Crippen LogP contribution in [0, 0.1) is 11.3 Å². The normalized spacial score (nSPS) is 24.9. The van der Waals surface area contributed by atoms with Crippen LogP contribution in [0.15, 0.2) is 36.4 Å². The second-order valence-electron chi connectivity index (χ2n) is 7.05. The molecular weight excluding hydrogens is 320 g/mol. The van der Waals surface area contributed by atoms with Crippen LogP contribution < -0.4 is 5.32 Å². The van der Waals surface area contributed by atoms with E-state index in [4.69, 9.17) is 4.98 Å². The molecule has 0 saturated heterocycles. The number of hydrogen-bond donors (Lipinski definition) is 2. The first kappa shape index (κ1) is 15.8. The highest BCUT2D eigenvalue weighted by molar-refractivity contribution is 7.18. The number of benzene rings is 1. The van der Waals surface area contributed by atoms with Gasteiger partial charge in [0, 0.05) is 17.9 Å². The third-order valence-corrected chi connectivity index (χ3v) is 6.50. The van der Waals surface area contributed by atoms with Crippen LogP contribution in [0.5, 0.6) is 0 Å². The van der Waals surface area contributed by atoms with E-state index in [1.807, 2.05) is 18.2 Å². The Hall–Kier alpha value is -1.72. The number of allylic oxidation sites excluding steroid dienone is 2. The standard InChI is InChI=1S/C19H22N2O2S/c22-12-19(9-10-19)11-20-17(23)13-5-1-2-6-14(13)18-21-15-7-3-4-8-16(15)24-18/h1-4,7-8,13-14,22H,5-6,9-12H2,(H,20,23). The highest BCUT2D eigenvalue weighted by Crippen LogP contribution is 2.44. The highest BCUT2D eigenvalue weighted by Gasteiger charge is 2.43. The van der Waals surface area contributed by atoms with E-state index in [1.54, 1.807) is 11.3 Å². The molecule has 2 aliphatic carbocycles. The Morgan fingerprint density at radius 3 is 2.83 bits per heavy atom. The Morgan fingerprint density at radius 1 is 1.29 bits per heavy atom. The molecule has 24 heavy (non-hydrogen) atoms. The summed E-state index contributed by atoms with van der Waals surface area (Å²) in [6, 6.07) is 8.14. The lowest BCUT2D eigenvalue weighted by atomic mass is 9.82. The first-order valence-corrected chi connectivity index (χ1v) is 9.41. The van der Waals surface area contributed by atoms with Crippen molar-refractivity contribution in [3.63, 3.8) is 0 Å². The van der Waals surface area contributed by atoms with Crippen molar-refractivity contribution in [2.24, 2.45) is 11.3 Å². The van der Waals surface area contributed by atoms with Crippen molar-refractivity contribution in [2.75, 3.05) is 13.2 Å². The number of para-hydroxylation sites is 1. The first-order chi connectivity index (χ1) is 11.7. The number of nitrogens with zero attached hydrogens (tertiary/aromatic N) is 1. The van der Waals surface area contributed by atoms with Crippen LogP contribution in [0.1, 0.15) is 36.6 Å². The van der Waals surface area contributed by atoms with Crippen LogP contribution in [0.4, 0.5) is 0 Å². The summed E-state index contributed by atoms with van der Waals surface area (Å²) in [5, 5.41) is 13.6. The monoisotopic (exact) mass is 342 g/mol. The lowest BCUT2D eigenvalue weighted by molar-refractivity contribution is -0.126. The number of aliphatic hydroxyl groups excluding tert-OH is 1. The maximum Gasteiger partial charge on any atom is 0.224 e. The second-order valence-corrected chi connectivity index (χ2v) is 8.11. The topological polar surface area (TPSA) is 62.2 Å². The Labute approximate surface area is 145 Å². The molecule has 0 spiro atoms. The quantitative estimate of drug-likeness (QED) is 0.820. The van der Waals surface area contributed by atoms with Crippen molar-refractivity contribution < 1.29 is 9.90 Å². The van der Waals surface area contributed by atoms with Crippen molar-refractivity contribution in [3.8, 4) is 0 Å². The van der Waals surface area contributed by atoms with Crippen molar-refractivity contribution in [3.05, 3.63) is 41.4 Å². The van der Waals surface area contributed by atoms with Crippen molar-refractivity contribution in [2.45, 2.75) is 31.6 Å². The van der Waals surface area contributed by atoms with Crippen LogP contribution in [0.25, 0.3) is 10.2 Å². The summed E-state index contributed by atoms with van der Waals surface area (Å²) in [4.78, 5) is 17.5. The summed E-state index contributed by atoms with van der Waals surface area (Å²) in [5.74, 6) is 0.185. The summed E-state index contributed by atoms with van der Waals surface area (Å²) >= 11 is 1.70. The van der Waals surface area contributed by atoms with Gasteiger partial charge in [-0.2, -0.15) is 0 Å². The number of amides is 1. The summed E-state index contributed by atoms with van der Waals surface area (Å²) in [6.07, 6.45) is 7.91. The van der Waals surface area contributed by atoms with Gasteiger partial charge in [-0.05, 0) is 37.8 Å². The molecule has 1 aromatic carbocycles. The molecule has 0 radical (unpaired) electrons. The van der Waals surface area contributed by atoms with Gasteiger partial charge in [-0.1, -0.05) is 24.3 Å². The lowest BCUT2D eigenvalue weighted by Crippen LogP contribution is -2.38. The highest BCUT2D eigenvalue weighted by atomic mass is 32.1. The molecule has 2 aromatic rings. The molecule has 4 rings (SSSR count). The summed E-state index contributed by atoms with van der Waals surface area (Å²) < 4.78 is 1.18. The molecule has 2 N–H and O–H groups in total. The minimum absolute atomic E-state index is 0.0501. The molecule has 2 aliphatic rings. The van der Waals surface area contributed by atoms with Gasteiger partial charge < -0.3 is 10.4 Å². The Morgan fingerprint density at radius 2 is 2.08 bits per heavy atom. The van der Waals surface area contributed by atoms with E-state index >= 15 is 0 Å².